The highest BCUT2D eigenvalue weighted by molar-refractivity contribution is 7.87. The first-order valence-electron chi connectivity index (χ1n) is 11.9. The third kappa shape index (κ3) is 6.75. The van der Waals surface area contributed by atoms with Crippen LogP contribution in [0.5, 0.6) is 0 Å². The Morgan fingerprint density at radius 2 is 1.18 bits per heavy atom. The molecule has 6 N–H and O–H groups in total. The molecule has 0 aliphatic heterocycles. The summed E-state index contributed by atoms with van der Waals surface area (Å²) in [7, 11) is -15.7. The number of benzene rings is 4. The largest absolute Gasteiger partial charge is 0.478 e. The molecule has 15 nitrogen and oxygen atoms in total. The maximum Gasteiger partial charge on any atom is 0.335 e. The van der Waals surface area contributed by atoms with E-state index in [0.29, 0.717) is 17.7 Å². The predicted octanol–water partition coefficient (Wildman–Crippen LogP) is 3.09. The van der Waals surface area contributed by atoms with Crippen LogP contribution in [0.1, 0.15) is 36.6 Å². The minimum atomic E-state index is -5.35. The number of carbonyl (C=O) groups is 3. The van der Waals surface area contributed by atoms with Crippen molar-refractivity contribution in [1.82, 2.24) is 0 Å². The third-order valence-electron chi connectivity index (χ3n) is 6.23. The Hall–Kier alpha value is -4.72. The van der Waals surface area contributed by atoms with Crippen LogP contribution in [-0.4, -0.2) is 61.8 Å². The number of hydrogen-bond acceptors (Lipinski definition) is 9. The van der Waals surface area contributed by atoms with Gasteiger partial charge < -0.3 is 15.7 Å². The molecule has 4 rings (SSSR count). The van der Waals surface area contributed by atoms with Gasteiger partial charge in [0, 0.05) is 27.6 Å². The minimum absolute atomic E-state index is 0.00607. The van der Waals surface area contributed by atoms with Gasteiger partial charge in [0.05, 0.1) is 16.1 Å². The number of carboxylic acid groups (broad SMARTS) is 1. The lowest BCUT2D eigenvalue weighted by molar-refractivity contribution is 0.0696. The summed E-state index contributed by atoms with van der Waals surface area (Å²) < 4.78 is 101. The van der Waals surface area contributed by atoms with Crippen molar-refractivity contribution in [2.45, 2.75) is 21.6 Å². The monoisotopic (exact) mass is 664 g/mol. The molecule has 0 unspecified atom stereocenters. The smallest absolute Gasteiger partial charge is 0.335 e. The van der Waals surface area contributed by atoms with Crippen LogP contribution >= 0.6 is 0 Å². The Balaban J connectivity index is 1.80. The fourth-order valence-electron chi connectivity index (χ4n) is 4.16. The van der Waals surface area contributed by atoms with Crippen molar-refractivity contribution in [3.63, 3.8) is 0 Å². The van der Waals surface area contributed by atoms with Gasteiger partial charge in [-0.15, -0.1) is 0 Å². The highest BCUT2D eigenvalue weighted by Crippen LogP contribution is 2.37. The summed E-state index contributed by atoms with van der Waals surface area (Å²) in [5.74, 6) is -2.90. The number of rotatable bonds is 8. The molecule has 4 aromatic rings. The molecule has 0 aromatic heterocycles. The van der Waals surface area contributed by atoms with E-state index < -0.39 is 79.3 Å². The normalized spacial score (nSPS) is 12.1. The number of amides is 2. The van der Waals surface area contributed by atoms with E-state index in [-0.39, 0.29) is 22.4 Å². The van der Waals surface area contributed by atoms with Crippen LogP contribution in [0.3, 0.4) is 0 Å². The molecule has 0 heterocycles. The van der Waals surface area contributed by atoms with Gasteiger partial charge in [-0.3, -0.25) is 23.2 Å². The van der Waals surface area contributed by atoms with E-state index in [1.54, 1.807) is 6.92 Å². The zero-order chi connectivity index (χ0) is 32.8. The van der Waals surface area contributed by atoms with Gasteiger partial charge in [-0.2, -0.15) is 25.3 Å². The first-order chi connectivity index (χ1) is 20.3. The Morgan fingerprint density at radius 3 is 1.75 bits per heavy atom. The van der Waals surface area contributed by atoms with Crippen molar-refractivity contribution >= 4 is 70.3 Å². The molecule has 0 spiro atoms. The second-order valence-corrected chi connectivity index (χ2v) is 13.4. The van der Waals surface area contributed by atoms with Crippen molar-refractivity contribution in [3.8, 4) is 0 Å². The number of hydrogen-bond donors (Lipinski definition) is 6. The number of aryl methyl sites for hydroxylation is 1. The lowest BCUT2D eigenvalue weighted by Crippen LogP contribution is -2.16. The predicted molar refractivity (Wildman–Crippen MR) is 154 cm³/mol. The van der Waals surface area contributed by atoms with E-state index in [1.165, 1.54) is 36.4 Å². The zero-order valence-electron chi connectivity index (χ0n) is 22.0. The lowest BCUT2D eigenvalue weighted by atomic mass is 10.1. The van der Waals surface area contributed by atoms with Crippen LogP contribution in [0.4, 0.5) is 11.4 Å². The number of aromatic carboxylic acids is 1. The third-order valence-corrected chi connectivity index (χ3v) is 8.85. The van der Waals surface area contributed by atoms with Gasteiger partial charge in [0.2, 0.25) is 0 Å². The van der Waals surface area contributed by atoms with E-state index in [0.717, 1.165) is 18.2 Å². The molecular formula is C26H20N2O13S3. The molecule has 0 aliphatic carbocycles. The summed E-state index contributed by atoms with van der Waals surface area (Å²) in [6.07, 6.45) is 0. The van der Waals surface area contributed by atoms with Crippen molar-refractivity contribution < 1.29 is 58.4 Å². The maximum atomic E-state index is 13.3. The molecule has 0 aliphatic rings. The Labute approximate surface area is 249 Å². The molecule has 0 saturated carbocycles. The molecule has 0 atom stereocenters. The average molecular weight is 665 g/mol. The summed E-state index contributed by atoms with van der Waals surface area (Å²) in [4.78, 5) is 33.9. The SMILES string of the molecule is Cc1ccc(C(=O)Nc2ccc(S(=O)(=O)O)c3cc(S(=O)(=O)O)cc(S(=O)(=O)O)c23)cc1NC(=O)c1cccc(C(=O)O)c1. The Kier molecular flexibility index (Phi) is 8.35. The van der Waals surface area contributed by atoms with Gasteiger partial charge >= 0.3 is 5.97 Å². The molecule has 18 heteroatoms. The summed E-state index contributed by atoms with van der Waals surface area (Å²) in [5.41, 5.74) is -0.0944. The van der Waals surface area contributed by atoms with Gasteiger partial charge in [0.25, 0.3) is 42.2 Å². The van der Waals surface area contributed by atoms with Crippen molar-refractivity contribution in [2.75, 3.05) is 10.6 Å². The molecule has 0 radical (unpaired) electrons. The second-order valence-electron chi connectivity index (χ2n) is 9.20. The minimum Gasteiger partial charge on any atom is -0.478 e. The number of carboxylic acids is 1. The standard InChI is InChI=1S/C26H20N2O13S3/c1-13-5-6-15(10-20(13)28-24(29)14-3-2-4-16(9-14)26(31)32)25(30)27-19-7-8-21(43(36,37)38)18-11-17(42(33,34)35)12-22(23(18)19)44(39,40)41/h2-12H,1H3,(H,27,30)(H,28,29)(H,31,32)(H,33,34,35)(H,36,37,38)(H,39,40,41). The molecule has 0 saturated heterocycles. The van der Waals surface area contributed by atoms with Gasteiger partial charge in [-0.25, -0.2) is 4.79 Å². The van der Waals surface area contributed by atoms with Gasteiger partial charge in [-0.05, 0) is 67.1 Å². The van der Waals surface area contributed by atoms with Gasteiger partial charge in [0.15, 0.2) is 0 Å². The van der Waals surface area contributed by atoms with E-state index >= 15 is 0 Å². The lowest BCUT2D eigenvalue weighted by Gasteiger charge is -2.16. The van der Waals surface area contributed by atoms with Crippen molar-refractivity contribution in [3.05, 3.63) is 89.0 Å². The van der Waals surface area contributed by atoms with E-state index in [4.69, 9.17) is 0 Å². The Bertz CT molecular complexity index is 2230. The summed E-state index contributed by atoms with van der Waals surface area (Å²) >= 11 is 0. The maximum absolute atomic E-state index is 13.3. The van der Waals surface area contributed by atoms with Crippen molar-refractivity contribution in [2.24, 2.45) is 0 Å². The quantitative estimate of drug-likeness (QED) is 0.148. The molecular weight excluding hydrogens is 644 g/mol. The van der Waals surface area contributed by atoms with Crippen LogP contribution in [-0.2, 0) is 30.4 Å². The topological polar surface area (TPSA) is 259 Å². The Morgan fingerprint density at radius 1 is 0.614 bits per heavy atom. The fraction of sp³-hybridized carbons (Fsp3) is 0.0385. The molecule has 230 valence electrons. The summed E-state index contributed by atoms with van der Waals surface area (Å²) in [6, 6.07) is 11.6. The zero-order valence-corrected chi connectivity index (χ0v) is 24.5. The number of carbonyl (C=O) groups excluding carboxylic acids is 2. The average Bonchev–Trinajstić information content (AvgIpc) is 2.92. The first kappa shape index (κ1) is 32.2. The number of fused-ring (bicyclic) bond motifs is 1. The number of nitrogens with one attached hydrogen (secondary N) is 2. The molecule has 0 fully saturated rings. The molecule has 0 bridgehead atoms. The highest BCUT2D eigenvalue weighted by atomic mass is 32.2. The summed E-state index contributed by atoms with van der Waals surface area (Å²) in [6.45, 7) is 1.59. The highest BCUT2D eigenvalue weighted by Gasteiger charge is 2.27. The van der Waals surface area contributed by atoms with Gasteiger partial charge in [0.1, 0.15) is 9.79 Å². The molecule has 44 heavy (non-hydrogen) atoms. The van der Waals surface area contributed by atoms with Crippen LogP contribution in [0.15, 0.2) is 81.4 Å². The van der Waals surface area contributed by atoms with Crippen LogP contribution in [0.25, 0.3) is 10.8 Å². The van der Waals surface area contributed by atoms with Crippen LogP contribution in [0.2, 0.25) is 0 Å². The number of anilines is 2. The second kappa shape index (κ2) is 11.4. The van der Waals surface area contributed by atoms with Crippen LogP contribution in [0, 0.1) is 6.92 Å². The van der Waals surface area contributed by atoms with E-state index in [1.807, 2.05) is 0 Å². The molecule has 2 amide bonds. The van der Waals surface area contributed by atoms with Gasteiger partial charge in [-0.1, -0.05) is 12.1 Å². The first-order valence-corrected chi connectivity index (χ1v) is 16.2. The van der Waals surface area contributed by atoms with Crippen molar-refractivity contribution in [1.29, 1.82) is 0 Å². The van der Waals surface area contributed by atoms with Crippen LogP contribution < -0.4 is 10.6 Å². The molecule has 4 aromatic carbocycles. The van der Waals surface area contributed by atoms with E-state index in [2.05, 4.69) is 10.6 Å². The fourth-order valence-corrected chi connectivity index (χ4v) is 6.20. The van der Waals surface area contributed by atoms with E-state index in [9.17, 15) is 58.4 Å². The summed E-state index contributed by atoms with van der Waals surface area (Å²) in [5, 5.41) is 12.5.